The van der Waals surface area contributed by atoms with Crippen molar-refractivity contribution in [3.63, 3.8) is 0 Å². The molecule has 0 N–H and O–H groups in total. The molecule has 4 aromatic rings. The van der Waals surface area contributed by atoms with Crippen LogP contribution in [0.1, 0.15) is 5.56 Å². The van der Waals surface area contributed by atoms with Gasteiger partial charge in [0.05, 0.1) is 13.5 Å². The van der Waals surface area contributed by atoms with Gasteiger partial charge in [-0.3, -0.25) is 4.79 Å². The summed E-state index contributed by atoms with van der Waals surface area (Å²) in [5, 5.41) is 0. The second kappa shape index (κ2) is 8.92. The van der Waals surface area contributed by atoms with E-state index in [1.54, 1.807) is 13.4 Å². The first-order chi connectivity index (χ1) is 15.7. The van der Waals surface area contributed by atoms with E-state index in [1.807, 2.05) is 59.5 Å². The van der Waals surface area contributed by atoms with Crippen LogP contribution in [-0.2, 0) is 11.2 Å². The number of hydrogen-bond donors (Lipinski definition) is 0. The number of amides is 1. The first kappa shape index (κ1) is 20.4. The van der Waals surface area contributed by atoms with Crippen molar-refractivity contribution in [3.8, 4) is 17.0 Å². The summed E-state index contributed by atoms with van der Waals surface area (Å²) >= 11 is 1.42. The Morgan fingerprint density at radius 2 is 1.75 bits per heavy atom. The first-order valence-corrected chi connectivity index (χ1v) is 11.3. The van der Waals surface area contributed by atoms with Crippen LogP contribution in [0.5, 0.6) is 5.75 Å². The SMILES string of the molecule is COc1ccc(-c2nsc3c(N4CCN(C(=O)Cc5ccccc5)CC4)ncnc23)cc1. The summed E-state index contributed by atoms with van der Waals surface area (Å²) < 4.78 is 10.9. The van der Waals surface area contributed by atoms with Crippen molar-refractivity contribution in [1.29, 1.82) is 0 Å². The number of benzene rings is 2. The van der Waals surface area contributed by atoms with Gasteiger partial charge in [0.25, 0.3) is 0 Å². The first-order valence-electron chi connectivity index (χ1n) is 10.5. The van der Waals surface area contributed by atoms with E-state index < -0.39 is 0 Å². The largest absolute Gasteiger partial charge is 0.497 e. The molecule has 0 unspecified atom stereocenters. The fourth-order valence-corrected chi connectivity index (χ4v) is 4.84. The number of nitrogens with zero attached hydrogens (tertiary/aromatic N) is 5. The van der Waals surface area contributed by atoms with E-state index in [1.165, 1.54) is 11.5 Å². The normalized spacial score (nSPS) is 14.0. The molecule has 0 aliphatic carbocycles. The molecule has 1 fully saturated rings. The third-order valence-electron chi connectivity index (χ3n) is 5.73. The summed E-state index contributed by atoms with van der Waals surface area (Å²) in [6.45, 7) is 2.84. The van der Waals surface area contributed by atoms with Gasteiger partial charge in [0.2, 0.25) is 5.91 Å². The maximum Gasteiger partial charge on any atom is 0.227 e. The molecule has 0 saturated carbocycles. The number of anilines is 1. The second-order valence-corrected chi connectivity index (χ2v) is 8.44. The van der Waals surface area contributed by atoms with Gasteiger partial charge in [-0.05, 0) is 41.4 Å². The highest BCUT2D eigenvalue weighted by Gasteiger charge is 2.24. The molecule has 0 atom stereocenters. The van der Waals surface area contributed by atoms with Crippen molar-refractivity contribution in [2.24, 2.45) is 0 Å². The van der Waals surface area contributed by atoms with Crippen molar-refractivity contribution in [2.75, 3.05) is 38.2 Å². The minimum Gasteiger partial charge on any atom is -0.497 e. The van der Waals surface area contributed by atoms with Crippen molar-refractivity contribution in [1.82, 2.24) is 19.2 Å². The molecule has 7 nitrogen and oxygen atoms in total. The van der Waals surface area contributed by atoms with Gasteiger partial charge in [-0.1, -0.05) is 30.3 Å². The van der Waals surface area contributed by atoms with Crippen molar-refractivity contribution in [2.45, 2.75) is 6.42 Å². The van der Waals surface area contributed by atoms with Crippen LogP contribution in [0.3, 0.4) is 0 Å². The van der Waals surface area contributed by atoms with Crippen molar-refractivity contribution in [3.05, 3.63) is 66.5 Å². The Labute approximate surface area is 190 Å². The van der Waals surface area contributed by atoms with Crippen LogP contribution in [0.2, 0.25) is 0 Å². The average molecular weight is 446 g/mol. The maximum atomic E-state index is 12.7. The van der Waals surface area contributed by atoms with Gasteiger partial charge in [-0.15, -0.1) is 0 Å². The third kappa shape index (κ3) is 4.01. The molecule has 162 valence electrons. The monoisotopic (exact) mass is 445 g/mol. The molecule has 3 heterocycles. The Balaban J connectivity index is 1.31. The Morgan fingerprint density at radius 1 is 1.00 bits per heavy atom. The Bertz CT molecular complexity index is 1220. The van der Waals surface area contributed by atoms with Gasteiger partial charge >= 0.3 is 0 Å². The van der Waals surface area contributed by atoms with Crippen LogP contribution in [0.4, 0.5) is 5.82 Å². The zero-order chi connectivity index (χ0) is 21.9. The lowest BCUT2D eigenvalue weighted by atomic mass is 10.1. The Hall–Kier alpha value is -3.52. The number of rotatable bonds is 5. The van der Waals surface area contributed by atoms with Crippen LogP contribution >= 0.6 is 11.5 Å². The quantitative estimate of drug-likeness (QED) is 0.467. The van der Waals surface area contributed by atoms with Gasteiger partial charge in [0.15, 0.2) is 5.82 Å². The zero-order valence-electron chi connectivity index (χ0n) is 17.8. The lowest BCUT2D eigenvalue weighted by Gasteiger charge is -2.35. The number of hydrogen-bond acceptors (Lipinski definition) is 7. The van der Waals surface area contributed by atoms with Crippen LogP contribution in [0, 0.1) is 0 Å². The van der Waals surface area contributed by atoms with E-state index in [9.17, 15) is 4.79 Å². The molecular weight excluding hydrogens is 422 g/mol. The van der Waals surface area contributed by atoms with E-state index in [-0.39, 0.29) is 5.91 Å². The summed E-state index contributed by atoms with van der Waals surface area (Å²) in [7, 11) is 1.65. The molecule has 0 radical (unpaired) electrons. The predicted octanol–water partition coefficient (Wildman–Crippen LogP) is 3.65. The molecule has 2 aromatic carbocycles. The number of methoxy groups -OCH3 is 1. The summed E-state index contributed by atoms with van der Waals surface area (Å²) in [5.41, 5.74) is 3.76. The fourth-order valence-electron chi connectivity index (χ4n) is 3.97. The van der Waals surface area contributed by atoms with E-state index in [2.05, 4.69) is 19.2 Å². The lowest BCUT2D eigenvalue weighted by Crippen LogP contribution is -2.49. The van der Waals surface area contributed by atoms with Crippen LogP contribution in [0.25, 0.3) is 21.5 Å². The van der Waals surface area contributed by atoms with E-state index >= 15 is 0 Å². The molecule has 8 heteroatoms. The predicted molar refractivity (Wildman–Crippen MR) is 126 cm³/mol. The Morgan fingerprint density at radius 3 is 2.47 bits per heavy atom. The van der Waals surface area contributed by atoms with Crippen molar-refractivity contribution < 1.29 is 9.53 Å². The minimum absolute atomic E-state index is 0.170. The van der Waals surface area contributed by atoms with Gasteiger partial charge in [-0.2, -0.15) is 4.37 Å². The minimum atomic E-state index is 0.170. The average Bonchev–Trinajstić information content (AvgIpc) is 3.29. The molecule has 0 bridgehead atoms. The van der Waals surface area contributed by atoms with Crippen LogP contribution in [-0.4, -0.2) is 58.4 Å². The molecule has 0 spiro atoms. The molecule has 1 aliphatic rings. The van der Waals surface area contributed by atoms with Gasteiger partial charge in [0.1, 0.15) is 28.0 Å². The standard InChI is InChI=1S/C24H23N5O2S/c1-31-19-9-7-18(8-10-19)21-22-23(32-27-21)24(26-16-25-22)29-13-11-28(12-14-29)20(30)15-17-5-3-2-4-6-17/h2-10,16H,11-15H2,1H3. The van der Waals surface area contributed by atoms with Gasteiger partial charge in [-0.25, -0.2) is 9.97 Å². The highest BCUT2D eigenvalue weighted by Crippen LogP contribution is 2.35. The molecule has 1 amide bonds. The smallest absolute Gasteiger partial charge is 0.227 e. The molecular formula is C24H23N5O2S. The van der Waals surface area contributed by atoms with E-state index in [4.69, 9.17) is 4.74 Å². The van der Waals surface area contributed by atoms with Gasteiger partial charge in [0, 0.05) is 31.7 Å². The zero-order valence-corrected chi connectivity index (χ0v) is 18.6. The van der Waals surface area contributed by atoms with Crippen molar-refractivity contribution >= 4 is 33.5 Å². The fraction of sp³-hybridized carbons (Fsp3) is 0.250. The number of carbonyl (C=O) groups is 1. The number of piperazine rings is 1. The van der Waals surface area contributed by atoms with Crippen LogP contribution < -0.4 is 9.64 Å². The summed E-state index contributed by atoms with van der Waals surface area (Å²) in [4.78, 5) is 25.9. The lowest BCUT2D eigenvalue weighted by molar-refractivity contribution is -0.130. The summed E-state index contributed by atoms with van der Waals surface area (Å²) in [5.74, 6) is 1.87. The summed E-state index contributed by atoms with van der Waals surface area (Å²) in [6.07, 6.45) is 2.05. The molecule has 5 rings (SSSR count). The number of aromatic nitrogens is 3. The molecule has 2 aromatic heterocycles. The number of carbonyl (C=O) groups excluding carboxylic acids is 1. The number of fused-ring (bicyclic) bond motifs is 1. The van der Waals surface area contributed by atoms with Crippen LogP contribution in [0.15, 0.2) is 60.9 Å². The Kier molecular flexibility index (Phi) is 5.68. The highest BCUT2D eigenvalue weighted by molar-refractivity contribution is 7.14. The highest BCUT2D eigenvalue weighted by atomic mass is 32.1. The third-order valence-corrected chi connectivity index (χ3v) is 6.56. The topological polar surface area (TPSA) is 71.5 Å². The second-order valence-electron chi connectivity index (χ2n) is 7.66. The summed E-state index contributed by atoms with van der Waals surface area (Å²) in [6, 6.07) is 17.7. The maximum absolute atomic E-state index is 12.7. The molecule has 1 aliphatic heterocycles. The number of ether oxygens (including phenoxy) is 1. The van der Waals surface area contributed by atoms with E-state index in [0.717, 1.165) is 51.7 Å². The molecule has 32 heavy (non-hydrogen) atoms. The van der Waals surface area contributed by atoms with E-state index in [0.29, 0.717) is 19.5 Å². The molecule has 1 saturated heterocycles. The van der Waals surface area contributed by atoms with Gasteiger partial charge < -0.3 is 14.5 Å².